The second-order valence-corrected chi connectivity index (χ2v) is 3.99. The summed E-state index contributed by atoms with van der Waals surface area (Å²) in [4.78, 5) is 0. The van der Waals surface area contributed by atoms with Crippen molar-refractivity contribution in [2.75, 3.05) is 13.7 Å². The fraction of sp³-hybridized carbons (Fsp3) is 0.846. The highest BCUT2D eigenvalue weighted by atomic mass is 16.5. The van der Waals surface area contributed by atoms with Gasteiger partial charge >= 0.3 is 0 Å². The Morgan fingerprint density at radius 3 is 2.47 bits per heavy atom. The molecule has 2 unspecified atom stereocenters. The molecule has 0 aromatic rings. The van der Waals surface area contributed by atoms with Gasteiger partial charge in [-0.3, -0.25) is 0 Å². The van der Waals surface area contributed by atoms with Gasteiger partial charge in [0.2, 0.25) is 0 Å². The molecule has 0 aliphatic carbocycles. The molecule has 2 heteroatoms. The number of ether oxygens (including phenoxy) is 1. The number of nitrogens with one attached hydrogen (secondary N) is 1. The van der Waals surface area contributed by atoms with Gasteiger partial charge in [0.15, 0.2) is 0 Å². The van der Waals surface area contributed by atoms with Crippen LogP contribution in [-0.2, 0) is 4.74 Å². The van der Waals surface area contributed by atoms with Gasteiger partial charge in [-0.25, -0.2) is 0 Å². The largest absolute Gasteiger partial charge is 0.380 e. The summed E-state index contributed by atoms with van der Waals surface area (Å²) < 4.78 is 5.55. The first kappa shape index (κ1) is 14.7. The molecule has 0 saturated heterocycles. The molecular weight excluding hydrogens is 186 g/mol. The van der Waals surface area contributed by atoms with E-state index in [-0.39, 0.29) is 0 Å². The van der Waals surface area contributed by atoms with Crippen LogP contribution in [0.4, 0.5) is 0 Å². The smallest absolute Gasteiger partial charge is 0.0724 e. The highest BCUT2D eigenvalue weighted by Gasteiger charge is 2.18. The van der Waals surface area contributed by atoms with Gasteiger partial charge in [-0.2, -0.15) is 0 Å². The highest BCUT2D eigenvalue weighted by molar-refractivity contribution is 4.80. The second-order valence-electron chi connectivity index (χ2n) is 3.99. The highest BCUT2D eigenvalue weighted by Crippen LogP contribution is 2.12. The van der Waals surface area contributed by atoms with E-state index in [1.165, 1.54) is 12.8 Å². The number of rotatable bonds is 10. The minimum Gasteiger partial charge on any atom is -0.380 e. The average Bonchev–Trinajstić information content (AvgIpc) is 2.27. The summed E-state index contributed by atoms with van der Waals surface area (Å²) in [5.41, 5.74) is 0. The molecule has 2 atom stereocenters. The van der Waals surface area contributed by atoms with Crippen LogP contribution in [0.5, 0.6) is 0 Å². The maximum Gasteiger partial charge on any atom is 0.0724 e. The average molecular weight is 213 g/mol. The van der Waals surface area contributed by atoms with Crippen LogP contribution < -0.4 is 5.32 Å². The zero-order chi connectivity index (χ0) is 11.5. The molecule has 0 aliphatic rings. The Kier molecular flexibility index (Phi) is 9.96. The zero-order valence-corrected chi connectivity index (χ0v) is 10.6. The number of allylic oxidation sites excluding steroid dienone is 1. The second kappa shape index (κ2) is 10.2. The number of hydrogen-bond donors (Lipinski definition) is 1. The van der Waals surface area contributed by atoms with Crippen molar-refractivity contribution in [3.63, 3.8) is 0 Å². The topological polar surface area (TPSA) is 21.3 Å². The lowest BCUT2D eigenvalue weighted by molar-refractivity contribution is 0.0584. The van der Waals surface area contributed by atoms with Gasteiger partial charge in [0.05, 0.1) is 6.10 Å². The molecule has 0 radical (unpaired) electrons. The van der Waals surface area contributed by atoms with Crippen molar-refractivity contribution in [3.8, 4) is 0 Å². The van der Waals surface area contributed by atoms with E-state index < -0.39 is 0 Å². The van der Waals surface area contributed by atoms with Crippen molar-refractivity contribution < 1.29 is 4.74 Å². The van der Waals surface area contributed by atoms with Crippen molar-refractivity contribution in [3.05, 3.63) is 12.7 Å². The van der Waals surface area contributed by atoms with Crippen LogP contribution in [0.3, 0.4) is 0 Å². The molecule has 1 N–H and O–H groups in total. The molecule has 0 spiro atoms. The van der Waals surface area contributed by atoms with E-state index in [2.05, 4.69) is 25.7 Å². The molecule has 0 bridgehead atoms. The lowest BCUT2D eigenvalue weighted by Gasteiger charge is -2.26. The summed E-state index contributed by atoms with van der Waals surface area (Å²) in [5, 5.41) is 3.57. The minimum absolute atomic E-state index is 0.349. The molecule has 0 heterocycles. The predicted molar refractivity (Wildman–Crippen MR) is 67.2 cm³/mol. The van der Waals surface area contributed by atoms with E-state index in [9.17, 15) is 0 Å². The van der Waals surface area contributed by atoms with E-state index in [0.717, 1.165) is 25.8 Å². The lowest BCUT2D eigenvalue weighted by atomic mass is 10.0. The summed E-state index contributed by atoms with van der Waals surface area (Å²) in [6.07, 6.45) is 8.01. The SMILES string of the molecule is C=CCCC(NCCC)C(CCC)OC. The third kappa shape index (κ3) is 6.69. The monoisotopic (exact) mass is 213 g/mol. The van der Waals surface area contributed by atoms with Crippen molar-refractivity contribution >= 4 is 0 Å². The van der Waals surface area contributed by atoms with Crippen LogP contribution in [0.2, 0.25) is 0 Å². The number of methoxy groups -OCH3 is 1. The molecule has 90 valence electrons. The van der Waals surface area contributed by atoms with Crippen LogP contribution in [0.25, 0.3) is 0 Å². The Balaban J connectivity index is 4.08. The van der Waals surface area contributed by atoms with Gasteiger partial charge < -0.3 is 10.1 Å². The summed E-state index contributed by atoms with van der Waals surface area (Å²) >= 11 is 0. The first-order chi connectivity index (χ1) is 7.29. The summed E-state index contributed by atoms with van der Waals surface area (Å²) in [6.45, 7) is 9.25. The Hall–Kier alpha value is -0.340. The van der Waals surface area contributed by atoms with Crippen LogP contribution in [0, 0.1) is 0 Å². The van der Waals surface area contributed by atoms with Gasteiger partial charge in [0, 0.05) is 13.2 Å². The standard InChI is InChI=1S/C13H27NO/c1-5-8-10-12(14-11-7-3)13(15-4)9-6-2/h5,12-14H,1,6-11H2,2-4H3. The van der Waals surface area contributed by atoms with Crippen LogP contribution in [-0.4, -0.2) is 25.8 Å². The van der Waals surface area contributed by atoms with Gasteiger partial charge in [-0.15, -0.1) is 6.58 Å². The Morgan fingerprint density at radius 1 is 1.27 bits per heavy atom. The van der Waals surface area contributed by atoms with Crippen molar-refractivity contribution in [2.24, 2.45) is 0 Å². The molecule has 0 fully saturated rings. The predicted octanol–water partition coefficient (Wildman–Crippen LogP) is 3.14. The maximum atomic E-state index is 5.55. The van der Waals surface area contributed by atoms with Gasteiger partial charge in [0.1, 0.15) is 0 Å². The fourth-order valence-corrected chi connectivity index (χ4v) is 1.81. The first-order valence-corrected chi connectivity index (χ1v) is 6.17. The third-order valence-electron chi connectivity index (χ3n) is 2.66. The van der Waals surface area contributed by atoms with Crippen molar-refractivity contribution in [2.45, 2.75) is 58.1 Å². The molecule has 0 aromatic carbocycles. The summed E-state index contributed by atoms with van der Waals surface area (Å²) in [5.74, 6) is 0. The van der Waals surface area contributed by atoms with Gasteiger partial charge in [0.25, 0.3) is 0 Å². The number of hydrogen-bond acceptors (Lipinski definition) is 2. The Labute approximate surface area is 95.1 Å². The van der Waals surface area contributed by atoms with Crippen LogP contribution >= 0.6 is 0 Å². The molecule has 0 rings (SSSR count). The molecular formula is C13H27NO. The molecule has 0 amide bonds. The third-order valence-corrected chi connectivity index (χ3v) is 2.66. The quantitative estimate of drug-likeness (QED) is 0.563. The fourth-order valence-electron chi connectivity index (χ4n) is 1.81. The van der Waals surface area contributed by atoms with Gasteiger partial charge in [-0.1, -0.05) is 26.3 Å². The maximum absolute atomic E-state index is 5.55. The van der Waals surface area contributed by atoms with E-state index >= 15 is 0 Å². The molecule has 0 saturated carbocycles. The van der Waals surface area contributed by atoms with E-state index in [1.54, 1.807) is 0 Å². The molecule has 15 heavy (non-hydrogen) atoms. The van der Waals surface area contributed by atoms with E-state index in [1.807, 2.05) is 13.2 Å². The molecule has 2 nitrogen and oxygen atoms in total. The Morgan fingerprint density at radius 2 is 2.00 bits per heavy atom. The normalized spacial score (nSPS) is 14.9. The van der Waals surface area contributed by atoms with E-state index in [0.29, 0.717) is 12.1 Å². The first-order valence-electron chi connectivity index (χ1n) is 6.17. The zero-order valence-electron chi connectivity index (χ0n) is 10.6. The minimum atomic E-state index is 0.349. The van der Waals surface area contributed by atoms with Crippen molar-refractivity contribution in [1.82, 2.24) is 5.32 Å². The van der Waals surface area contributed by atoms with Gasteiger partial charge in [-0.05, 0) is 32.2 Å². The van der Waals surface area contributed by atoms with Crippen LogP contribution in [0.15, 0.2) is 12.7 Å². The van der Waals surface area contributed by atoms with E-state index in [4.69, 9.17) is 4.74 Å². The van der Waals surface area contributed by atoms with Crippen molar-refractivity contribution in [1.29, 1.82) is 0 Å². The van der Waals surface area contributed by atoms with Crippen LogP contribution in [0.1, 0.15) is 46.0 Å². The lowest BCUT2D eigenvalue weighted by Crippen LogP contribution is -2.41. The molecule has 0 aromatic heterocycles. The summed E-state index contributed by atoms with van der Waals surface area (Å²) in [7, 11) is 1.81. The summed E-state index contributed by atoms with van der Waals surface area (Å²) in [6, 6.07) is 0.480. The Bertz CT molecular complexity index is 147. The molecule has 0 aliphatic heterocycles.